The van der Waals surface area contributed by atoms with Crippen molar-refractivity contribution in [2.75, 3.05) is 39.3 Å². The lowest BCUT2D eigenvalue weighted by Gasteiger charge is -2.36. The van der Waals surface area contributed by atoms with Crippen LogP contribution < -0.4 is 5.56 Å². The Balaban J connectivity index is 2.05. The van der Waals surface area contributed by atoms with Gasteiger partial charge in [0.05, 0.1) is 0 Å². The minimum Gasteiger partial charge on any atom is -0.335 e. The number of nitrogens with zero attached hydrogens (tertiary/aromatic N) is 5. The second kappa shape index (κ2) is 7.41. The van der Waals surface area contributed by atoms with E-state index in [-0.39, 0.29) is 30.2 Å². The molecular formula is C14H23N5O4S. The minimum absolute atomic E-state index is 0.178. The van der Waals surface area contributed by atoms with Crippen LogP contribution in [0, 0.1) is 0 Å². The second-order valence-electron chi connectivity index (χ2n) is 5.46. The van der Waals surface area contributed by atoms with Crippen LogP contribution in [0.5, 0.6) is 0 Å². The number of aromatic nitrogens is 2. The number of hydrogen-bond acceptors (Lipinski definition) is 5. The van der Waals surface area contributed by atoms with Gasteiger partial charge in [-0.1, -0.05) is 13.8 Å². The van der Waals surface area contributed by atoms with Crippen LogP contribution in [-0.2, 0) is 17.3 Å². The summed E-state index contributed by atoms with van der Waals surface area (Å²) in [6.45, 7) is 5.51. The van der Waals surface area contributed by atoms with E-state index >= 15 is 0 Å². The number of piperazine rings is 1. The number of rotatable bonds is 5. The lowest BCUT2D eigenvalue weighted by atomic mass is 10.3. The first-order chi connectivity index (χ1) is 11.3. The zero-order chi connectivity index (χ0) is 17.9. The smallest absolute Gasteiger partial charge is 0.282 e. The van der Waals surface area contributed by atoms with Crippen molar-refractivity contribution in [3.8, 4) is 0 Å². The first kappa shape index (κ1) is 18.6. The molecule has 0 spiro atoms. The molecule has 1 aromatic rings. The molecule has 1 aliphatic heterocycles. The summed E-state index contributed by atoms with van der Waals surface area (Å²) in [6, 6.07) is 2.69. The summed E-state index contributed by atoms with van der Waals surface area (Å²) in [5.74, 6) is -0.300. The molecule has 0 bridgehead atoms. The Labute approximate surface area is 141 Å². The standard InChI is InChI=1S/C14H23N5O4S/c1-4-18(5-2)24(22,23)19-10-8-17(9-11-19)14(21)12-6-7-13(20)16(3)15-12/h6-7H,4-5,8-11H2,1-3H3. The lowest BCUT2D eigenvalue weighted by Crippen LogP contribution is -2.54. The van der Waals surface area contributed by atoms with Gasteiger partial charge in [-0.3, -0.25) is 9.59 Å². The third kappa shape index (κ3) is 3.65. The second-order valence-corrected chi connectivity index (χ2v) is 7.39. The first-order valence-electron chi connectivity index (χ1n) is 7.90. The molecule has 2 rings (SSSR count). The van der Waals surface area contributed by atoms with Crippen LogP contribution in [0.25, 0.3) is 0 Å². The zero-order valence-electron chi connectivity index (χ0n) is 14.2. The van der Waals surface area contributed by atoms with E-state index in [0.29, 0.717) is 26.2 Å². The highest BCUT2D eigenvalue weighted by molar-refractivity contribution is 7.86. The molecule has 1 aromatic heterocycles. The summed E-state index contributed by atoms with van der Waals surface area (Å²) in [5, 5.41) is 3.94. The molecular weight excluding hydrogens is 334 g/mol. The van der Waals surface area contributed by atoms with Crippen molar-refractivity contribution in [2.45, 2.75) is 13.8 Å². The number of amides is 1. The van der Waals surface area contributed by atoms with E-state index in [1.807, 2.05) is 0 Å². The fourth-order valence-electron chi connectivity index (χ4n) is 2.61. The van der Waals surface area contributed by atoms with Crippen molar-refractivity contribution >= 4 is 16.1 Å². The quantitative estimate of drug-likeness (QED) is 0.682. The average Bonchev–Trinajstić information content (AvgIpc) is 2.57. The Kier molecular flexibility index (Phi) is 5.73. The van der Waals surface area contributed by atoms with Crippen LogP contribution in [0.2, 0.25) is 0 Å². The lowest BCUT2D eigenvalue weighted by molar-refractivity contribution is 0.0685. The van der Waals surface area contributed by atoms with Crippen molar-refractivity contribution in [1.29, 1.82) is 0 Å². The van der Waals surface area contributed by atoms with Crippen LogP contribution in [0.15, 0.2) is 16.9 Å². The molecule has 1 amide bonds. The van der Waals surface area contributed by atoms with Gasteiger partial charge in [-0.15, -0.1) is 0 Å². The van der Waals surface area contributed by atoms with Crippen LogP contribution in [0.4, 0.5) is 0 Å². The maximum atomic E-state index is 12.5. The molecule has 0 unspecified atom stereocenters. The molecule has 0 aliphatic carbocycles. The van der Waals surface area contributed by atoms with E-state index in [0.717, 1.165) is 4.68 Å². The third-order valence-corrected chi connectivity index (χ3v) is 6.25. The van der Waals surface area contributed by atoms with E-state index in [9.17, 15) is 18.0 Å². The molecule has 0 N–H and O–H groups in total. The molecule has 134 valence electrons. The van der Waals surface area contributed by atoms with E-state index in [4.69, 9.17) is 0 Å². The van der Waals surface area contributed by atoms with Crippen molar-refractivity contribution in [3.05, 3.63) is 28.2 Å². The molecule has 0 atom stereocenters. The predicted octanol–water partition coefficient (Wildman–Crippen LogP) is -0.875. The Morgan fingerprint density at radius 2 is 1.75 bits per heavy atom. The van der Waals surface area contributed by atoms with Gasteiger partial charge in [0.2, 0.25) is 0 Å². The van der Waals surface area contributed by atoms with Gasteiger partial charge in [0, 0.05) is 52.4 Å². The van der Waals surface area contributed by atoms with Gasteiger partial charge in [-0.2, -0.15) is 22.1 Å². The summed E-state index contributed by atoms with van der Waals surface area (Å²) < 4.78 is 28.9. The Morgan fingerprint density at radius 1 is 1.17 bits per heavy atom. The van der Waals surface area contributed by atoms with Crippen LogP contribution >= 0.6 is 0 Å². The van der Waals surface area contributed by atoms with E-state index < -0.39 is 10.2 Å². The summed E-state index contributed by atoms with van der Waals surface area (Å²) in [5.41, 5.74) is -0.112. The topological polar surface area (TPSA) is 95.8 Å². The first-order valence-corrected chi connectivity index (χ1v) is 9.29. The summed E-state index contributed by atoms with van der Waals surface area (Å²) in [6.07, 6.45) is 0. The van der Waals surface area contributed by atoms with Gasteiger partial charge < -0.3 is 4.90 Å². The highest BCUT2D eigenvalue weighted by Gasteiger charge is 2.32. The van der Waals surface area contributed by atoms with Crippen LogP contribution in [-0.4, -0.2) is 76.9 Å². The van der Waals surface area contributed by atoms with Crippen molar-refractivity contribution in [1.82, 2.24) is 23.3 Å². The Bertz CT molecular complexity index is 749. The highest BCUT2D eigenvalue weighted by Crippen LogP contribution is 2.13. The van der Waals surface area contributed by atoms with E-state index in [1.165, 1.54) is 27.8 Å². The van der Waals surface area contributed by atoms with Gasteiger partial charge in [-0.25, -0.2) is 4.68 Å². The molecule has 1 aliphatic rings. The maximum Gasteiger partial charge on any atom is 0.282 e. The summed E-state index contributed by atoms with van der Waals surface area (Å²) in [4.78, 5) is 25.3. The van der Waals surface area contributed by atoms with E-state index in [2.05, 4.69) is 5.10 Å². The number of carbonyl (C=O) groups is 1. The number of hydrogen-bond donors (Lipinski definition) is 0. The number of aryl methyl sites for hydroxylation is 1. The minimum atomic E-state index is -3.48. The van der Waals surface area contributed by atoms with Gasteiger partial charge in [-0.05, 0) is 6.07 Å². The molecule has 24 heavy (non-hydrogen) atoms. The molecule has 1 fully saturated rings. The van der Waals surface area contributed by atoms with Crippen molar-refractivity contribution in [3.63, 3.8) is 0 Å². The normalized spacial score (nSPS) is 16.6. The van der Waals surface area contributed by atoms with Crippen molar-refractivity contribution < 1.29 is 13.2 Å². The third-order valence-electron chi connectivity index (χ3n) is 4.06. The summed E-state index contributed by atoms with van der Waals surface area (Å²) >= 11 is 0. The summed E-state index contributed by atoms with van der Waals surface area (Å²) in [7, 11) is -2.00. The van der Waals surface area contributed by atoms with Crippen molar-refractivity contribution in [2.24, 2.45) is 7.05 Å². The van der Waals surface area contributed by atoms with Gasteiger partial charge in [0.15, 0.2) is 0 Å². The highest BCUT2D eigenvalue weighted by atomic mass is 32.2. The molecule has 9 nitrogen and oxygen atoms in total. The molecule has 0 radical (unpaired) electrons. The zero-order valence-corrected chi connectivity index (χ0v) is 15.0. The molecule has 0 aromatic carbocycles. The molecule has 2 heterocycles. The van der Waals surface area contributed by atoms with Crippen LogP contribution in [0.1, 0.15) is 24.3 Å². The SMILES string of the molecule is CCN(CC)S(=O)(=O)N1CCN(C(=O)c2ccc(=O)n(C)n2)CC1. The van der Waals surface area contributed by atoms with E-state index in [1.54, 1.807) is 18.7 Å². The predicted molar refractivity (Wildman–Crippen MR) is 88.8 cm³/mol. The number of carbonyl (C=O) groups excluding carboxylic acids is 1. The monoisotopic (exact) mass is 357 g/mol. The largest absolute Gasteiger partial charge is 0.335 e. The van der Waals surface area contributed by atoms with Gasteiger partial charge in [0.1, 0.15) is 5.69 Å². The maximum absolute atomic E-state index is 12.5. The molecule has 1 saturated heterocycles. The molecule has 10 heteroatoms. The fourth-order valence-corrected chi connectivity index (χ4v) is 4.22. The fraction of sp³-hybridized carbons (Fsp3) is 0.643. The van der Waals surface area contributed by atoms with Gasteiger partial charge in [0.25, 0.3) is 21.7 Å². The average molecular weight is 357 g/mol. The Morgan fingerprint density at radius 3 is 2.25 bits per heavy atom. The van der Waals surface area contributed by atoms with Gasteiger partial charge >= 0.3 is 0 Å². The van der Waals surface area contributed by atoms with Crippen LogP contribution in [0.3, 0.4) is 0 Å². The Hall–Kier alpha value is -1.78. The molecule has 0 saturated carbocycles.